The van der Waals surface area contributed by atoms with E-state index in [0.29, 0.717) is 35.5 Å². The Morgan fingerprint density at radius 2 is 1.77 bits per heavy atom. The predicted molar refractivity (Wildman–Crippen MR) is 143 cm³/mol. The highest BCUT2D eigenvalue weighted by Crippen LogP contribution is 2.32. The Labute approximate surface area is 211 Å². The molecule has 0 radical (unpaired) electrons. The second kappa shape index (κ2) is 10.5. The van der Waals surface area contributed by atoms with Gasteiger partial charge in [0.2, 0.25) is 0 Å². The summed E-state index contributed by atoms with van der Waals surface area (Å²) in [5.41, 5.74) is 2.46. The number of ether oxygens (including phenoxy) is 2. The van der Waals surface area contributed by atoms with Crippen LogP contribution < -0.4 is 14.8 Å². The van der Waals surface area contributed by atoms with E-state index >= 15 is 0 Å². The number of hydrogen-bond donors (Lipinski definition) is 1. The van der Waals surface area contributed by atoms with Gasteiger partial charge in [-0.15, -0.1) is 0 Å². The summed E-state index contributed by atoms with van der Waals surface area (Å²) in [5, 5.41) is 6.03. The van der Waals surface area contributed by atoms with E-state index < -0.39 is 0 Å². The standard InChI is InChI=1S/C29H30N2O3S/c1-2-33-27-18-20(17-25-28(32)31(29(35)30-25)24-10-4-3-5-11-24)13-15-26(27)34-19-21-12-14-22-8-6-7-9-23(22)16-21/h6-9,12-18,24H,2-5,10-11,19H2,1H3,(H,30,35)/b25-17-. The molecule has 5 rings (SSSR count). The fourth-order valence-corrected chi connectivity index (χ4v) is 5.22. The molecule has 5 nitrogen and oxygen atoms in total. The third kappa shape index (κ3) is 5.17. The molecule has 0 bridgehead atoms. The van der Waals surface area contributed by atoms with Gasteiger partial charge in [0.1, 0.15) is 12.3 Å². The third-order valence-corrected chi connectivity index (χ3v) is 6.94. The van der Waals surface area contributed by atoms with Crippen molar-refractivity contribution in [1.29, 1.82) is 0 Å². The summed E-state index contributed by atoms with van der Waals surface area (Å²) in [7, 11) is 0. The number of nitrogens with zero attached hydrogens (tertiary/aromatic N) is 1. The molecule has 0 spiro atoms. The van der Waals surface area contributed by atoms with Crippen molar-refractivity contribution in [2.24, 2.45) is 0 Å². The van der Waals surface area contributed by atoms with Crippen LogP contribution in [-0.2, 0) is 11.4 Å². The number of benzene rings is 3. The second-order valence-corrected chi connectivity index (χ2v) is 9.45. The van der Waals surface area contributed by atoms with Gasteiger partial charge in [-0.2, -0.15) is 0 Å². The van der Waals surface area contributed by atoms with Gasteiger partial charge < -0.3 is 14.8 Å². The molecule has 2 aliphatic rings. The first-order valence-electron chi connectivity index (χ1n) is 12.4. The van der Waals surface area contributed by atoms with Crippen molar-refractivity contribution >= 4 is 40.1 Å². The van der Waals surface area contributed by atoms with E-state index in [1.165, 1.54) is 17.2 Å². The molecule has 1 saturated carbocycles. The highest BCUT2D eigenvalue weighted by molar-refractivity contribution is 7.80. The number of fused-ring (bicyclic) bond motifs is 1. The molecule has 1 saturated heterocycles. The van der Waals surface area contributed by atoms with Gasteiger partial charge >= 0.3 is 0 Å². The Hall–Kier alpha value is -3.38. The Kier molecular flexibility index (Phi) is 7.00. The van der Waals surface area contributed by atoms with E-state index in [-0.39, 0.29) is 11.9 Å². The molecule has 1 amide bonds. The molecular weight excluding hydrogens is 456 g/mol. The molecule has 6 heteroatoms. The first-order chi connectivity index (χ1) is 17.1. The number of amides is 1. The van der Waals surface area contributed by atoms with Crippen LogP contribution in [0.5, 0.6) is 11.5 Å². The maximum absolute atomic E-state index is 13.1. The topological polar surface area (TPSA) is 50.8 Å². The highest BCUT2D eigenvalue weighted by atomic mass is 32.1. The lowest BCUT2D eigenvalue weighted by Crippen LogP contribution is -2.41. The van der Waals surface area contributed by atoms with Gasteiger partial charge in [-0.25, -0.2) is 0 Å². The Balaban J connectivity index is 1.32. The zero-order valence-corrected chi connectivity index (χ0v) is 20.8. The molecule has 3 aromatic rings. The number of rotatable bonds is 7. The Morgan fingerprint density at radius 1 is 0.971 bits per heavy atom. The van der Waals surface area contributed by atoms with Gasteiger partial charge in [-0.05, 0) is 78.2 Å². The molecule has 1 N–H and O–H groups in total. The summed E-state index contributed by atoms with van der Waals surface area (Å²) in [5.74, 6) is 1.28. The van der Waals surface area contributed by atoms with E-state index in [1.54, 1.807) is 4.90 Å². The van der Waals surface area contributed by atoms with E-state index in [1.807, 2.05) is 43.3 Å². The number of carbonyl (C=O) groups excluding carboxylic acids is 1. The van der Waals surface area contributed by atoms with Crippen LogP contribution >= 0.6 is 12.2 Å². The van der Waals surface area contributed by atoms with Crippen LogP contribution in [0.25, 0.3) is 16.8 Å². The van der Waals surface area contributed by atoms with Crippen LogP contribution in [0.15, 0.2) is 66.4 Å². The van der Waals surface area contributed by atoms with Crippen molar-refractivity contribution in [1.82, 2.24) is 10.2 Å². The van der Waals surface area contributed by atoms with Gasteiger partial charge in [0, 0.05) is 6.04 Å². The van der Waals surface area contributed by atoms with E-state index in [2.05, 4.69) is 35.6 Å². The van der Waals surface area contributed by atoms with Crippen LogP contribution in [0.2, 0.25) is 0 Å². The first kappa shape index (κ1) is 23.4. The second-order valence-electron chi connectivity index (χ2n) is 9.06. The zero-order valence-electron chi connectivity index (χ0n) is 20.0. The molecule has 0 atom stereocenters. The monoisotopic (exact) mass is 486 g/mol. The lowest BCUT2D eigenvalue weighted by atomic mass is 9.94. The van der Waals surface area contributed by atoms with Gasteiger partial charge in [0.15, 0.2) is 16.6 Å². The molecule has 35 heavy (non-hydrogen) atoms. The minimum atomic E-state index is -0.0449. The van der Waals surface area contributed by atoms with Crippen molar-refractivity contribution in [2.45, 2.75) is 51.7 Å². The molecule has 1 heterocycles. The van der Waals surface area contributed by atoms with E-state index in [0.717, 1.165) is 36.8 Å². The maximum atomic E-state index is 13.1. The van der Waals surface area contributed by atoms with Crippen molar-refractivity contribution in [3.05, 3.63) is 77.5 Å². The van der Waals surface area contributed by atoms with Crippen molar-refractivity contribution in [3.63, 3.8) is 0 Å². The van der Waals surface area contributed by atoms with Crippen molar-refractivity contribution in [3.8, 4) is 11.5 Å². The molecule has 0 aromatic heterocycles. The third-order valence-electron chi connectivity index (χ3n) is 6.64. The summed E-state index contributed by atoms with van der Waals surface area (Å²) < 4.78 is 12.0. The lowest BCUT2D eigenvalue weighted by molar-refractivity contribution is -0.124. The van der Waals surface area contributed by atoms with Crippen LogP contribution in [-0.4, -0.2) is 28.6 Å². The van der Waals surface area contributed by atoms with E-state index in [9.17, 15) is 4.79 Å². The molecule has 1 aliphatic heterocycles. The van der Waals surface area contributed by atoms with Crippen LogP contribution in [0.4, 0.5) is 0 Å². The van der Waals surface area contributed by atoms with Gasteiger partial charge in [-0.3, -0.25) is 9.69 Å². The number of hydrogen-bond acceptors (Lipinski definition) is 4. The van der Waals surface area contributed by atoms with Crippen LogP contribution in [0.1, 0.15) is 50.2 Å². The molecule has 3 aromatic carbocycles. The van der Waals surface area contributed by atoms with Gasteiger partial charge in [-0.1, -0.05) is 61.7 Å². The van der Waals surface area contributed by atoms with Gasteiger partial charge in [0.05, 0.1) is 6.61 Å². The molecule has 180 valence electrons. The van der Waals surface area contributed by atoms with E-state index in [4.69, 9.17) is 21.7 Å². The summed E-state index contributed by atoms with van der Waals surface area (Å²) in [6.45, 7) is 2.90. The smallest absolute Gasteiger partial charge is 0.276 e. The minimum Gasteiger partial charge on any atom is -0.490 e. The SMILES string of the molecule is CCOc1cc(/C=C2\NC(=S)N(C3CCCCC3)C2=O)ccc1OCc1ccc2ccccc2c1. The van der Waals surface area contributed by atoms with Crippen LogP contribution in [0, 0.1) is 0 Å². The average Bonchev–Trinajstić information content (AvgIpc) is 3.16. The fraction of sp³-hybridized carbons (Fsp3) is 0.310. The maximum Gasteiger partial charge on any atom is 0.276 e. The van der Waals surface area contributed by atoms with Crippen molar-refractivity contribution < 1.29 is 14.3 Å². The predicted octanol–water partition coefficient (Wildman–Crippen LogP) is 6.21. The van der Waals surface area contributed by atoms with Gasteiger partial charge in [0.25, 0.3) is 5.91 Å². The lowest BCUT2D eigenvalue weighted by Gasteiger charge is -2.29. The summed E-state index contributed by atoms with van der Waals surface area (Å²) in [6, 6.07) is 20.6. The quantitative estimate of drug-likeness (QED) is 0.318. The zero-order chi connectivity index (χ0) is 24.2. The number of carbonyl (C=O) groups is 1. The number of thiocarbonyl (C=S) groups is 1. The molecular formula is C29H30N2O3S. The Morgan fingerprint density at radius 3 is 2.57 bits per heavy atom. The fourth-order valence-electron chi connectivity index (χ4n) is 4.88. The summed E-state index contributed by atoms with van der Waals surface area (Å²) in [6.07, 6.45) is 7.39. The highest BCUT2D eigenvalue weighted by Gasteiger charge is 2.36. The average molecular weight is 487 g/mol. The molecule has 0 unspecified atom stereocenters. The molecule has 1 aliphatic carbocycles. The largest absolute Gasteiger partial charge is 0.490 e. The number of nitrogens with one attached hydrogen (secondary N) is 1. The summed E-state index contributed by atoms with van der Waals surface area (Å²) in [4.78, 5) is 14.9. The van der Waals surface area contributed by atoms with Crippen molar-refractivity contribution in [2.75, 3.05) is 6.61 Å². The Bertz CT molecular complexity index is 1280. The normalized spacial score (nSPS) is 17.7. The summed E-state index contributed by atoms with van der Waals surface area (Å²) >= 11 is 5.50. The first-order valence-corrected chi connectivity index (χ1v) is 12.8. The van der Waals surface area contributed by atoms with Crippen LogP contribution in [0.3, 0.4) is 0 Å². The molecule has 2 fully saturated rings. The minimum absolute atomic E-state index is 0.0449.